The van der Waals surface area contributed by atoms with Crippen molar-refractivity contribution in [2.45, 2.75) is 39.0 Å². The summed E-state index contributed by atoms with van der Waals surface area (Å²) < 4.78 is 16.5. The van der Waals surface area contributed by atoms with Crippen molar-refractivity contribution in [2.75, 3.05) is 33.5 Å². The smallest absolute Gasteiger partial charge is 0.287 e. The van der Waals surface area contributed by atoms with E-state index >= 15 is 0 Å². The maximum atomic E-state index is 12.6. The Labute approximate surface area is 141 Å². The zero-order valence-electron chi connectivity index (χ0n) is 14.4. The van der Waals surface area contributed by atoms with Gasteiger partial charge < -0.3 is 19.2 Å². The molecule has 1 aromatic heterocycles. The van der Waals surface area contributed by atoms with Crippen molar-refractivity contribution < 1.29 is 23.5 Å². The summed E-state index contributed by atoms with van der Waals surface area (Å²) in [6.45, 7) is 4.26. The van der Waals surface area contributed by atoms with Gasteiger partial charge in [-0.2, -0.15) is 0 Å². The molecule has 1 amide bonds. The third kappa shape index (κ3) is 3.26. The maximum absolute atomic E-state index is 12.6. The number of carbonyl (C=O) groups excluding carboxylic acids is 2. The first-order valence-electron chi connectivity index (χ1n) is 8.57. The van der Waals surface area contributed by atoms with E-state index in [4.69, 9.17) is 13.9 Å². The molecule has 0 unspecified atom stereocenters. The molecule has 0 saturated carbocycles. The van der Waals surface area contributed by atoms with E-state index < -0.39 is 0 Å². The van der Waals surface area contributed by atoms with E-state index in [0.29, 0.717) is 49.7 Å². The summed E-state index contributed by atoms with van der Waals surface area (Å²) in [5, 5.41) is 2.98. The Morgan fingerprint density at radius 2 is 2.04 bits per heavy atom. The van der Waals surface area contributed by atoms with Crippen LogP contribution in [0.25, 0.3) is 0 Å². The van der Waals surface area contributed by atoms with Gasteiger partial charge in [-0.05, 0) is 26.2 Å². The van der Waals surface area contributed by atoms with Crippen LogP contribution in [0.2, 0.25) is 0 Å². The molecule has 132 valence electrons. The van der Waals surface area contributed by atoms with Crippen LogP contribution < -0.4 is 5.32 Å². The first kappa shape index (κ1) is 17.2. The fraction of sp³-hybridized carbons (Fsp3) is 0.667. The zero-order valence-corrected chi connectivity index (χ0v) is 14.4. The molecule has 3 rings (SSSR count). The quantitative estimate of drug-likeness (QED) is 0.893. The van der Waals surface area contributed by atoms with Crippen LogP contribution in [0.1, 0.15) is 57.9 Å². The molecule has 0 aromatic carbocycles. The summed E-state index contributed by atoms with van der Waals surface area (Å²) in [6, 6.07) is 0. The van der Waals surface area contributed by atoms with Gasteiger partial charge in [-0.1, -0.05) is 0 Å². The Morgan fingerprint density at radius 1 is 1.29 bits per heavy atom. The second-order valence-corrected chi connectivity index (χ2v) is 6.86. The van der Waals surface area contributed by atoms with Crippen molar-refractivity contribution in [3.05, 3.63) is 22.6 Å². The van der Waals surface area contributed by atoms with E-state index in [1.54, 1.807) is 14.0 Å². The minimum Gasteiger partial charge on any atom is -0.455 e. The Balaban J connectivity index is 1.72. The third-order valence-corrected chi connectivity index (χ3v) is 5.14. The number of Topliss-reactive ketones (excluding diaryl/α,β-unsaturated/α-hetero) is 1. The number of nitrogens with one attached hydrogen (secondary N) is 1. The second kappa shape index (κ2) is 7.07. The number of hydrogen-bond acceptors (Lipinski definition) is 5. The first-order valence-corrected chi connectivity index (χ1v) is 8.57. The number of ether oxygens (including phenoxy) is 2. The topological polar surface area (TPSA) is 77.8 Å². The highest BCUT2D eigenvalue weighted by Gasteiger charge is 2.34. The number of amides is 1. The van der Waals surface area contributed by atoms with E-state index in [9.17, 15) is 9.59 Å². The predicted molar refractivity (Wildman–Crippen MR) is 87.4 cm³/mol. The fourth-order valence-corrected chi connectivity index (χ4v) is 3.70. The molecule has 1 fully saturated rings. The molecule has 6 nitrogen and oxygen atoms in total. The molecule has 6 heteroatoms. The molecular weight excluding hydrogens is 310 g/mol. The van der Waals surface area contributed by atoms with Crippen LogP contribution in [0.15, 0.2) is 4.42 Å². The van der Waals surface area contributed by atoms with Crippen LogP contribution in [-0.2, 0) is 15.9 Å². The number of rotatable bonds is 5. The summed E-state index contributed by atoms with van der Waals surface area (Å²) in [5.74, 6) is 0.759. The molecule has 1 aliphatic heterocycles. The lowest BCUT2D eigenvalue weighted by Crippen LogP contribution is -2.44. The molecule has 0 atom stereocenters. The highest BCUT2D eigenvalue weighted by Crippen LogP contribution is 2.31. The number of ketones is 1. The molecular formula is C18H25NO5. The minimum absolute atomic E-state index is 0.0804. The zero-order chi connectivity index (χ0) is 17.2. The molecule has 2 heterocycles. The largest absolute Gasteiger partial charge is 0.455 e. The lowest BCUT2D eigenvalue weighted by molar-refractivity contribution is -0.0262. The molecule has 1 saturated heterocycles. The van der Waals surface area contributed by atoms with E-state index in [1.807, 2.05) is 0 Å². The van der Waals surface area contributed by atoms with E-state index in [-0.39, 0.29) is 22.9 Å². The SMILES string of the molecule is COCC1(CNC(=O)c2oc3c(c2C)C(=O)CCC3)CCOCC1. The molecule has 2 aliphatic rings. The molecule has 24 heavy (non-hydrogen) atoms. The summed E-state index contributed by atoms with van der Waals surface area (Å²) in [7, 11) is 1.68. The Hall–Kier alpha value is -1.66. The van der Waals surface area contributed by atoms with Gasteiger partial charge in [-0.25, -0.2) is 0 Å². The van der Waals surface area contributed by atoms with Gasteiger partial charge in [0, 0.05) is 50.7 Å². The molecule has 0 spiro atoms. The summed E-state index contributed by atoms with van der Waals surface area (Å²) >= 11 is 0. The Kier molecular flexibility index (Phi) is 5.06. The van der Waals surface area contributed by atoms with E-state index in [2.05, 4.69) is 5.32 Å². The summed E-state index contributed by atoms with van der Waals surface area (Å²) in [4.78, 5) is 24.7. The first-order chi connectivity index (χ1) is 11.6. The van der Waals surface area contributed by atoms with Gasteiger partial charge in [0.05, 0.1) is 12.2 Å². The lowest BCUT2D eigenvalue weighted by Gasteiger charge is -2.36. The number of aryl methyl sites for hydroxylation is 1. The number of hydrogen-bond donors (Lipinski definition) is 1. The monoisotopic (exact) mass is 335 g/mol. The number of carbonyl (C=O) groups is 2. The maximum Gasteiger partial charge on any atom is 0.287 e. The number of fused-ring (bicyclic) bond motifs is 1. The van der Waals surface area contributed by atoms with Gasteiger partial charge >= 0.3 is 0 Å². The van der Waals surface area contributed by atoms with Crippen molar-refractivity contribution in [3.63, 3.8) is 0 Å². The summed E-state index contributed by atoms with van der Waals surface area (Å²) in [5.41, 5.74) is 1.18. The molecule has 1 aromatic rings. The standard InChI is InChI=1S/C18H25NO5/c1-12-15-13(20)4-3-5-14(15)24-16(12)17(21)19-10-18(11-22-2)6-8-23-9-7-18/h3-11H2,1-2H3,(H,19,21). The van der Waals surface area contributed by atoms with Crippen LogP contribution >= 0.6 is 0 Å². The van der Waals surface area contributed by atoms with Crippen LogP contribution in [0, 0.1) is 12.3 Å². The van der Waals surface area contributed by atoms with Gasteiger partial charge in [0.15, 0.2) is 11.5 Å². The van der Waals surface area contributed by atoms with Crippen molar-refractivity contribution in [2.24, 2.45) is 5.41 Å². The fourth-order valence-electron chi connectivity index (χ4n) is 3.70. The van der Waals surface area contributed by atoms with E-state index in [0.717, 1.165) is 25.7 Å². The van der Waals surface area contributed by atoms with Gasteiger partial charge in [-0.3, -0.25) is 9.59 Å². The molecule has 1 N–H and O–H groups in total. The van der Waals surface area contributed by atoms with E-state index in [1.165, 1.54) is 0 Å². The number of furan rings is 1. The van der Waals surface area contributed by atoms with Crippen LogP contribution in [0.3, 0.4) is 0 Å². The highest BCUT2D eigenvalue weighted by molar-refractivity contribution is 6.03. The van der Waals surface area contributed by atoms with Crippen LogP contribution in [0.5, 0.6) is 0 Å². The van der Waals surface area contributed by atoms with Crippen molar-refractivity contribution in [1.82, 2.24) is 5.32 Å². The Morgan fingerprint density at radius 3 is 2.71 bits per heavy atom. The molecule has 1 aliphatic carbocycles. The van der Waals surface area contributed by atoms with Crippen molar-refractivity contribution in [3.8, 4) is 0 Å². The molecule has 0 radical (unpaired) electrons. The lowest BCUT2D eigenvalue weighted by atomic mass is 9.81. The average Bonchev–Trinajstić information content (AvgIpc) is 2.92. The summed E-state index contributed by atoms with van der Waals surface area (Å²) in [6.07, 6.45) is 3.75. The van der Waals surface area contributed by atoms with Gasteiger partial charge in [0.25, 0.3) is 5.91 Å². The van der Waals surface area contributed by atoms with Crippen LogP contribution in [0.4, 0.5) is 0 Å². The normalized spacial score (nSPS) is 19.8. The molecule has 0 bridgehead atoms. The van der Waals surface area contributed by atoms with Crippen molar-refractivity contribution >= 4 is 11.7 Å². The van der Waals surface area contributed by atoms with Gasteiger partial charge in [-0.15, -0.1) is 0 Å². The number of methoxy groups -OCH3 is 1. The second-order valence-electron chi connectivity index (χ2n) is 6.86. The van der Waals surface area contributed by atoms with Crippen molar-refractivity contribution in [1.29, 1.82) is 0 Å². The highest BCUT2D eigenvalue weighted by atomic mass is 16.5. The van der Waals surface area contributed by atoms with Gasteiger partial charge in [0.1, 0.15) is 5.76 Å². The average molecular weight is 335 g/mol. The third-order valence-electron chi connectivity index (χ3n) is 5.14. The Bertz CT molecular complexity index is 622. The van der Waals surface area contributed by atoms with Crippen LogP contribution in [-0.4, -0.2) is 45.2 Å². The van der Waals surface area contributed by atoms with Gasteiger partial charge in [0.2, 0.25) is 0 Å². The minimum atomic E-state index is -0.253. The predicted octanol–water partition coefficient (Wildman–Crippen LogP) is 2.28.